The third kappa shape index (κ3) is 4.70. The average molecular weight is 176 g/mol. The molecule has 0 heterocycles. The maximum Gasteiger partial charge on any atom is 0.337 e. The van der Waals surface area contributed by atoms with E-state index >= 15 is 0 Å². The maximum atomic E-state index is 10.6. The van der Waals surface area contributed by atoms with Crippen LogP contribution in [0.1, 0.15) is 0 Å². The first-order valence-electron chi connectivity index (χ1n) is 3.40. The van der Waals surface area contributed by atoms with Gasteiger partial charge in [0, 0.05) is 0 Å². The predicted molar refractivity (Wildman–Crippen MR) is 40.2 cm³/mol. The molecule has 0 saturated carbocycles. The van der Waals surface area contributed by atoms with E-state index in [9.17, 15) is 4.79 Å². The molecule has 5 heteroatoms. The molecule has 0 bridgehead atoms. The normalized spacial score (nSPS) is 11.8. The lowest BCUT2D eigenvalue weighted by atomic mass is 10.4. The SMILES string of the molecule is C=COCCOC(=O)C(O)CO. The van der Waals surface area contributed by atoms with Crippen molar-refractivity contribution in [1.29, 1.82) is 0 Å². The van der Waals surface area contributed by atoms with E-state index in [1.165, 1.54) is 6.26 Å². The van der Waals surface area contributed by atoms with Crippen molar-refractivity contribution in [3.05, 3.63) is 12.8 Å². The van der Waals surface area contributed by atoms with Crippen molar-refractivity contribution in [2.75, 3.05) is 19.8 Å². The highest BCUT2D eigenvalue weighted by molar-refractivity contribution is 5.74. The second-order valence-electron chi connectivity index (χ2n) is 1.90. The van der Waals surface area contributed by atoms with Crippen molar-refractivity contribution >= 4 is 5.97 Å². The number of rotatable bonds is 6. The smallest absolute Gasteiger partial charge is 0.337 e. The van der Waals surface area contributed by atoms with Gasteiger partial charge in [-0.25, -0.2) is 4.79 Å². The van der Waals surface area contributed by atoms with Crippen LogP contribution in [-0.2, 0) is 14.3 Å². The molecule has 0 aromatic rings. The van der Waals surface area contributed by atoms with Crippen LogP contribution in [0.25, 0.3) is 0 Å². The molecule has 0 spiro atoms. The molecule has 0 amide bonds. The molecule has 0 aliphatic heterocycles. The Bertz CT molecular complexity index is 145. The second kappa shape index (κ2) is 6.63. The van der Waals surface area contributed by atoms with E-state index in [0.29, 0.717) is 0 Å². The summed E-state index contributed by atoms with van der Waals surface area (Å²) in [6, 6.07) is 0. The molecule has 70 valence electrons. The Morgan fingerprint density at radius 3 is 2.75 bits per heavy atom. The Balaban J connectivity index is 3.37. The van der Waals surface area contributed by atoms with E-state index in [0.717, 1.165) is 0 Å². The van der Waals surface area contributed by atoms with Crippen LogP contribution in [0.5, 0.6) is 0 Å². The van der Waals surface area contributed by atoms with Gasteiger partial charge in [0.1, 0.15) is 13.2 Å². The average Bonchev–Trinajstić information content (AvgIpc) is 2.10. The van der Waals surface area contributed by atoms with Crippen molar-refractivity contribution in [2.45, 2.75) is 6.10 Å². The number of aliphatic hydroxyl groups is 2. The molecule has 0 aliphatic carbocycles. The second-order valence-corrected chi connectivity index (χ2v) is 1.90. The van der Waals surface area contributed by atoms with E-state index < -0.39 is 18.7 Å². The predicted octanol–water partition coefficient (Wildman–Crippen LogP) is -0.957. The summed E-state index contributed by atoms with van der Waals surface area (Å²) in [5.74, 6) is -0.856. The molecule has 1 unspecified atom stereocenters. The zero-order valence-electron chi connectivity index (χ0n) is 6.60. The minimum Gasteiger partial charge on any atom is -0.498 e. The number of carbonyl (C=O) groups excluding carboxylic acids is 1. The molecular formula is C7H12O5. The van der Waals surface area contributed by atoms with Crippen LogP contribution in [0.15, 0.2) is 12.8 Å². The summed E-state index contributed by atoms with van der Waals surface area (Å²) in [6.07, 6.45) is -0.246. The maximum absolute atomic E-state index is 10.6. The molecule has 0 radical (unpaired) electrons. The molecule has 5 nitrogen and oxygen atoms in total. The minimum absolute atomic E-state index is 0.0297. The van der Waals surface area contributed by atoms with Crippen LogP contribution in [-0.4, -0.2) is 42.1 Å². The number of carbonyl (C=O) groups is 1. The van der Waals surface area contributed by atoms with Gasteiger partial charge in [0.15, 0.2) is 6.10 Å². The van der Waals surface area contributed by atoms with E-state index in [1.807, 2.05) is 0 Å². The number of aliphatic hydroxyl groups excluding tert-OH is 2. The van der Waals surface area contributed by atoms with Crippen LogP contribution < -0.4 is 0 Å². The van der Waals surface area contributed by atoms with Gasteiger partial charge in [0.2, 0.25) is 0 Å². The van der Waals surface area contributed by atoms with E-state index in [-0.39, 0.29) is 13.2 Å². The lowest BCUT2D eigenvalue weighted by Gasteiger charge is -2.07. The molecule has 0 saturated heterocycles. The van der Waals surface area contributed by atoms with Gasteiger partial charge in [-0.05, 0) is 0 Å². The number of hydrogen-bond donors (Lipinski definition) is 2. The molecule has 2 N–H and O–H groups in total. The monoisotopic (exact) mass is 176 g/mol. The molecular weight excluding hydrogens is 164 g/mol. The van der Waals surface area contributed by atoms with Crippen molar-refractivity contribution < 1.29 is 24.5 Å². The summed E-state index contributed by atoms with van der Waals surface area (Å²) >= 11 is 0. The highest BCUT2D eigenvalue weighted by atomic mass is 16.6. The first-order valence-corrected chi connectivity index (χ1v) is 3.40. The number of esters is 1. The van der Waals surface area contributed by atoms with E-state index in [1.54, 1.807) is 0 Å². The zero-order valence-corrected chi connectivity index (χ0v) is 6.60. The largest absolute Gasteiger partial charge is 0.498 e. The first kappa shape index (κ1) is 10.9. The van der Waals surface area contributed by atoms with Crippen molar-refractivity contribution in [3.8, 4) is 0 Å². The van der Waals surface area contributed by atoms with Crippen LogP contribution in [0.4, 0.5) is 0 Å². The van der Waals surface area contributed by atoms with E-state index in [2.05, 4.69) is 16.1 Å². The third-order valence-electron chi connectivity index (χ3n) is 1.01. The van der Waals surface area contributed by atoms with Gasteiger partial charge in [-0.15, -0.1) is 0 Å². The number of hydrogen-bond acceptors (Lipinski definition) is 5. The Labute approximate surface area is 70.2 Å². The highest BCUT2D eigenvalue weighted by Crippen LogP contribution is 1.87. The van der Waals surface area contributed by atoms with Crippen LogP contribution in [0.2, 0.25) is 0 Å². The Morgan fingerprint density at radius 2 is 2.25 bits per heavy atom. The summed E-state index contributed by atoms with van der Waals surface area (Å²) < 4.78 is 9.11. The van der Waals surface area contributed by atoms with Crippen molar-refractivity contribution in [2.24, 2.45) is 0 Å². The fourth-order valence-corrected chi connectivity index (χ4v) is 0.444. The van der Waals surface area contributed by atoms with Gasteiger partial charge in [0.25, 0.3) is 0 Å². The standard InChI is InChI=1S/C7H12O5/c1-2-11-3-4-12-7(10)6(9)5-8/h2,6,8-9H,1,3-5H2. The third-order valence-corrected chi connectivity index (χ3v) is 1.01. The Morgan fingerprint density at radius 1 is 1.58 bits per heavy atom. The van der Waals surface area contributed by atoms with Gasteiger partial charge in [0.05, 0.1) is 12.9 Å². The first-order chi connectivity index (χ1) is 5.72. The summed E-state index contributed by atoms with van der Waals surface area (Å²) in [5.41, 5.74) is 0. The lowest BCUT2D eigenvalue weighted by Crippen LogP contribution is -2.27. The van der Waals surface area contributed by atoms with Crippen LogP contribution in [0, 0.1) is 0 Å². The molecule has 0 aliphatic rings. The zero-order chi connectivity index (χ0) is 9.40. The molecule has 1 atom stereocenters. The summed E-state index contributed by atoms with van der Waals surface area (Å²) in [7, 11) is 0. The molecule has 0 rings (SSSR count). The lowest BCUT2D eigenvalue weighted by molar-refractivity contribution is -0.156. The van der Waals surface area contributed by atoms with Crippen LogP contribution >= 0.6 is 0 Å². The fourth-order valence-electron chi connectivity index (χ4n) is 0.444. The summed E-state index contributed by atoms with van der Waals surface area (Å²) in [4.78, 5) is 10.6. The van der Waals surface area contributed by atoms with Gasteiger partial charge in [-0.1, -0.05) is 6.58 Å². The minimum atomic E-state index is -1.46. The number of ether oxygens (including phenoxy) is 2. The topological polar surface area (TPSA) is 76.0 Å². The quantitative estimate of drug-likeness (QED) is 0.310. The molecule has 12 heavy (non-hydrogen) atoms. The van der Waals surface area contributed by atoms with Crippen LogP contribution in [0.3, 0.4) is 0 Å². The summed E-state index contributed by atoms with van der Waals surface area (Å²) in [5, 5.41) is 17.0. The van der Waals surface area contributed by atoms with Gasteiger partial charge in [-0.3, -0.25) is 0 Å². The molecule has 0 fully saturated rings. The van der Waals surface area contributed by atoms with Crippen molar-refractivity contribution in [1.82, 2.24) is 0 Å². The van der Waals surface area contributed by atoms with Gasteiger partial charge >= 0.3 is 5.97 Å². The Hall–Kier alpha value is -1.07. The van der Waals surface area contributed by atoms with Gasteiger partial charge in [-0.2, -0.15) is 0 Å². The molecule has 0 aromatic carbocycles. The Kier molecular flexibility index (Phi) is 6.04. The van der Waals surface area contributed by atoms with Crippen molar-refractivity contribution in [3.63, 3.8) is 0 Å². The summed E-state index contributed by atoms with van der Waals surface area (Å²) in [6.45, 7) is 2.86. The van der Waals surface area contributed by atoms with E-state index in [4.69, 9.17) is 10.2 Å². The van der Waals surface area contributed by atoms with Gasteiger partial charge < -0.3 is 19.7 Å². The fraction of sp³-hybridized carbons (Fsp3) is 0.571. The molecule has 0 aromatic heterocycles. The highest BCUT2D eigenvalue weighted by Gasteiger charge is 2.14.